The van der Waals surface area contributed by atoms with Crippen molar-refractivity contribution < 1.29 is 0 Å². The fourth-order valence-corrected chi connectivity index (χ4v) is 2.28. The molecule has 0 saturated heterocycles. The number of nitrogens with zero attached hydrogens (tertiary/aromatic N) is 1. The van der Waals surface area contributed by atoms with Crippen LogP contribution in [0.4, 0.5) is 0 Å². The van der Waals surface area contributed by atoms with E-state index in [1.807, 2.05) is 6.20 Å². The first-order valence-corrected chi connectivity index (χ1v) is 5.61. The highest BCUT2D eigenvalue weighted by Crippen LogP contribution is 2.25. The molecule has 2 aromatic rings. The van der Waals surface area contributed by atoms with Crippen LogP contribution in [-0.4, -0.2) is 9.97 Å². The molecule has 3 heteroatoms. The van der Waals surface area contributed by atoms with Crippen molar-refractivity contribution in [1.29, 1.82) is 0 Å². The van der Waals surface area contributed by atoms with Crippen molar-refractivity contribution in [2.45, 2.75) is 20.8 Å². The summed E-state index contributed by atoms with van der Waals surface area (Å²) in [5.41, 5.74) is 5.96. The van der Waals surface area contributed by atoms with Gasteiger partial charge in [0, 0.05) is 5.56 Å². The Kier molecular flexibility index (Phi) is 2.88. The maximum Gasteiger partial charge on any atom is 0.122 e. The summed E-state index contributed by atoms with van der Waals surface area (Å²) in [6.07, 6.45) is 3.47. The molecule has 0 spiro atoms. The van der Waals surface area contributed by atoms with Gasteiger partial charge in [0.1, 0.15) is 4.64 Å². The second-order valence-electron chi connectivity index (χ2n) is 4.08. The number of hydrogen-bond donors (Lipinski definition) is 1. The molecule has 2 nitrogen and oxygen atoms in total. The topological polar surface area (TPSA) is 28.7 Å². The molecule has 0 fully saturated rings. The lowest BCUT2D eigenvalue weighted by atomic mass is 9.98. The van der Waals surface area contributed by atoms with Crippen molar-refractivity contribution >= 4 is 12.2 Å². The van der Waals surface area contributed by atoms with Crippen LogP contribution in [0.5, 0.6) is 0 Å². The minimum absolute atomic E-state index is 0.664. The molecule has 0 bridgehead atoms. The summed E-state index contributed by atoms with van der Waals surface area (Å²) in [6.45, 7) is 6.33. The molecular weight excluding hydrogens is 216 g/mol. The van der Waals surface area contributed by atoms with E-state index < -0.39 is 0 Å². The third-order valence-electron chi connectivity index (χ3n) is 2.60. The first kappa shape index (κ1) is 11.0. The van der Waals surface area contributed by atoms with Crippen LogP contribution in [-0.2, 0) is 0 Å². The van der Waals surface area contributed by atoms with E-state index in [2.05, 4.69) is 42.9 Å². The van der Waals surface area contributed by atoms with E-state index in [0.29, 0.717) is 4.64 Å². The Bertz CT molecular complexity index is 561. The summed E-state index contributed by atoms with van der Waals surface area (Å²) in [5.74, 6) is 0. The summed E-state index contributed by atoms with van der Waals surface area (Å²) in [7, 11) is 0. The Labute approximate surface area is 100 Å². The molecule has 0 aliphatic heterocycles. The number of aromatic nitrogens is 2. The molecule has 0 amide bonds. The van der Waals surface area contributed by atoms with Crippen molar-refractivity contribution in [2.75, 3.05) is 0 Å². The van der Waals surface area contributed by atoms with Crippen molar-refractivity contribution in [3.63, 3.8) is 0 Å². The number of H-pyrrole nitrogens is 1. The van der Waals surface area contributed by atoms with E-state index in [1.165, 1.54) is 22.3 Å². The molecule has 0 saturated carbocycles. The van der Waals surface area contributed by atoms with Gasteiger partial charge in [0.2, 0.25) is 0 Å². The molecule has 1 N–H and O–H groups in total. The van der Waals surface area contributed by atoms with Gasteiger partial charge in [0.05, 0.1) is 18.1 Å². The molecule has 0 aliphatic rings. The van der Waals surface area contributed by atoms with Crippen molar-refractivity contribution in [3.05, 3.63) is 45.9 Å². The van der Waals surface area contributed by atoms with Gasteiger partial charge in [0.15, 0.2) is 0 Å². The van der Waals surface area contributed by atoms with Crippen LogP contribution in [0.25, 0.3) is 11.3 Å². The fraction of sp³-hybridized carbons (Fsp3) is 0.231. The summed E-state index contributed by atoms with van der Waals surface area (Å²) in [6, 6.07) is 4.35. The van der Waals surface area contributed by atoms with E-state index in [0.717, 1.165) is 5.69 Å². The maximum absolute atomic E-state index is 5.09. The van der Waals surface area contributed by atoms with Gasteiger partial charge in [0.25, 0.3) is 0 Å². The van der Waals surface area contributed by atoms with E-state index in [9.17, 15) is 0 Å². The molecule has 1 aromatic heterocycles. The lowest BCUT2D eigenvalue weighted by molar-refractivity contribution is 1.17. The summed E-state index contributed by atoms with van der Waals surface area (Å²) in [5, 5.41) is 0. The van der Waals surface area contributed by atoms with Crippen LogP contribution < -0.4 is 0 Å². The largest absolute Gasteiger partial charge is 0.344 e. The molecule has 16 heavy (non-hydrogen) atoms. The van der Waals surface area contributed by atoms with Gasteiger partial charge in [-0.05, 0) is 31.9 Å². The van der Waals surface area contributed by atoms with Crippen LogP contribution in [0.2, 0.25) is 0 Å². The van der Waals surface area contributed by atoms with Crippen LogP contribution in [0.15, 0.2) is 24.5 Å². The summed E-state index contributed by atoms with van der Waals surface area (Å²) < 4.78 is 0.664. The van der Waals surface area contributed by atoms with Gasteiger partial charge in [-0.3, -0.25) is 4.98 Å². The number of aryl methyl sites for hydroxylation is 3. The Morgan fingerprint density at radius 1 is 1.06 bits per heavy atom. The van der Waals surface area contributed by atoms with E-state index in [-0.39, 0.29) is 0 Å². The van der Waals surface area contributed by atoms with Crippen LogP contribution in [0, 0.1) is 25.4 Å². The minimum atomic E-state index is 0.664. The SMILES string of the molecule is Cc1cc(C)c(-c2cncc(=S)[nH]2)c(C)c1. The molecule has 0 atom stereocenters. The Morgan fingerprint density at radius 3 is 2.25 bits per heavy atom. The fourth-order valence-electron chi connectivity index (χ4n) is 2.11. The standard InChI is InChI=1S/C13H14N2S/c1-8-4-9(2)13(10(3)5-8)11-6-14-7-12(16)15-11/h4-7H,1-3H3,(H,15,16). The van der Waals surface area contributed by atoms with Crippen LogP contribution in [0.3, 0.4) is 0 Å². The Balaban J connectivity index is 2.69. The van der Waals surface area contributed by atoms with Gasteiger partial charge in [-0.25, -0.2) is 0 Å². The molecule has 0 radical (unpaired) electrons. The van der Waals surface area contributed by atoms with Crippen LogP contribution in [0.1, 0.15) is 16.7 Å². The molecule has 82 valence electrons. The third-order valence-corrected chi connectivity index (χ3v) is 2.81. The molecule has 0 unspecified atom stereocenters. The number of aromatic amines is 1. The second-order valence-corrected chi connectivity index (χ2v) is 4.52. The average molecular weight is 230 g/mol. The highest BCUT2D eigenvalue weighted by Gasteiger charge is 2.06. The van der Waals surface area contributed by atoms with Crippen LogP contribution >= 0.6 is 12.2 Å². The number of nitrogens with one attached hydrogen (secondary N) is 1. The normalized spacial score (nSPS) is 10.4. The second kappa shape index (κ2) is 4.18. The van der Waals surface area contributed by atoms with Gasteiger partial charge in [-0.1, -0.05) is 29.9 Å². The summed E-state index contributed by atoms with van der Waals surface area (Å²) in [4.78, 5) is 7.31. The smallest absolute Gasteiger partial charge is 0.122 e. The van der Waals surface area contributed by atoms with E-state index in [1.54, 1.807) is 6.20 Å². The zero-order valence-corrected chi connectivity index (χ0v) is 10.5. The zero-order chi connectivity index (χ0) is 11.7. The first-order chi connectivity index (χ1) is 7.58. The number of hydrogen-bond acceptors (Lipinski definition) is 2. The van der Waals surface area contributed by atoms with E-state index >= 15 is 0 Å². The van der Waals surface area contributed by atoms with E-state index in [4.69, 9.17) is 12.2 Å². The zero-order valence-electron chi connectivity index (χ0n) is 9.66. The monoisotopic (exact) mass is 230 g/mol. The highest BCUT2D eigenvalue weighted by molar-refractivity contribution is 7.71. The lowest BCUT2D eigenvalue weighted by Gasteiger charge is -2.10. The Hall–Kier alpha value is -1.48. The number of benzene rings is 1. The van der Waals surface area contributed by atoms with Gasteiger partial charge < -0.3 is 4.98 Å². The molecular formula is C13H14N2S. The van der Waals surface area contributed by atoms with Crippen molar-refractivity contribution in [2.24, 2.45) is 0 Å². The third kappa shape index (κ3) is 2.04. The lowest BCUT2D eigenvalue weighted by Crippen LogP contribution is -1.93. The predicted octanol–water partition coefficient (Wildman–Crippen LogP) is 3.73. The molecule has 0 aliphatic carbocycles. The van der Waals surface area contributed by atoms with Gasteiger partial charge in [-0.15, -0.1) is 0 Å². The van der Waals surface area contributed by atoms with Crippen molar-refractivity contribution in [3.8, 4) is 11.3 Å². The van der Waals surface area contributed by atoms with Crippen molar-refractivity contribution in [1.82, 2.24) is 9.97 Å². The first-order valence-electron chi connectivity index (χ1n) is 5.20. The average Bonchev–Trinajstić information content (AvgIpc) is 2.15. The molecule has 1 aromatic carbocycles. The summed E-state index contributed by atoms with van der Waals surface area (Å²) >= 11 is 5.09. The molecule has 2 rings (SSSR count). The van der Waals surface area contributed by atoms with Gasteiger partial charge in [-0.2, -0.15) is 0 Å². The molecule has 1 heterocycles. The Morgan fingerprint density at radius 2 is 1.69 bits per heavy atom. The minimum Gasteiger partial charge on any atom is -0.344 e. The number of rotatable bonds is 1. The predicted molar refractivity (Wildman–Crippen MR) is 69.1 cm³/mol. The quantitative estimate of drug-likeness (QED) is 0.756. The maximum atomic E-state index is 5.09. The highest BCUT2D eigenvalue weighted by atomic mass is 32.1. The van der Waals surface area contributed by atoms with Gasteiger partial charge >= 0.3 is 0 Å².